The quantitative estimate of drug-likeness (QED) is 0.874. The molecule has 1 aromatic carbocycles. The summed E-state index contributed by atoms with van der Waals surface area (Å²) in [6.07, 6.45) is 2.45. The van der Waals surface area contributed by atoms with E-state index < -0.39 is 0 Å². The average molecular weight is 313 g/mol. The van der Waals surface area contributed by atoms with Crippen LogP contribution >= 0.6 is 0 Å². The number of benzene rings is 1. The molecule has 2 rings (SSSR count). The molecule has 5 heteroatoms. The van der Waals surface area contributed by atoms with Crippen LogP contribution in [-0.4, -0.2) is 42.1 Å². The Morgan fingerprint density at radius 3 is 2.52 bits per heavy atom. The normalized spacial score (nSPS) is 12.2. The maximum atomic E-state index is 12.2. The van der Waals surface area contributed by atoms with Gasteiger partial charge in [-0.05, 0) is 32.1 Å². The lowest BCUT2D eigenvalue weighted by Crippen LogP contribution is -2.41. The zero-order valence-corrected chi connectivity index (χ0v) is 13.8. The van der Waals surface area contributed by atoms with Gasteiger partial charge in [0.15, 0.2) is 0 Å². The molecule has 1 aromatic heterocycles. The first kappa shape index (κ1) is 17.0. The molecule has 0 saturated heterocycles. The molecule has 1 heterocycles. The zero-order chi connectivity index (χ0) is 16.8. The van der Waals surface area contributed by atoms with Crippen molar-refractivity contribution in [3.05, 3.63) is 70.1 Å². The molecule has 0 saturated carbocycles. The number of pyridine rings is 1. The molecule has 0 aliphatic rings. The summed E-state index contributed by atoms with van der Waals surface area (Å²) < 4.78 is 1.44. The van der Waals surface area contributed by atoms with Gasteiger partial charge in [-0.15, -0.1) is 0 Å². The summed E-state index contributed by atoms with van der Waals surface area (Å²) in [5, 5.41) is 2.92. The van der Waals surface area contributed by atoms with E-state index in [2.05, 4.69) is 22.3 Å². The van der Waals surface area contributed by atoms with Gasteiger partial charge in [0.25, 0.3) is 11.5 Å². The van der Waals surface area contributed by atoms with Gasteiger partial charge in [0.2, 0.25) is 0 Å². The van der Waals surface area contributed by atoms with Crippen LogP contribution in [0.15, 0.2) is 53.5 Å². The highest BCUT2D eigenvalue weighted by atomic mass is 16.2. The molecule has 0 fully saturated rings. The zero-order valence-electron chi connectivity index (χ0n) is 13.8. The number of nitrogens with one attached hydrogen (secondary N) is 1. The van der Waals surface area contributed by atoms with Crippen LogP contribution in [-0.2, 0) is 13.5 Å². The third-order valence-electron chi connectivity index (χ3n) is 3.91. The van der Waals surface area contributed by atoms with Crippen LogP contribution in [0.3, 0.4) is 0 Å². The van der Waals surface area contributed by atoms with Crippen LogP contribution in [0.4, 0.5) is 0 Å². The van der Waals surface area contributed by atoms with Crippen LogP contribution < -0.4 is 10.9 Å². The maximum absolute atomic E-state index is 12.2. The van der Waals surface area contributed by atoms with Gasteiger partial charge in [-0.25, -0.2) is 0 Å². The number of hydrogen-bond donors (Lipinski definition) is 1. The molecule has 23 heavy (non-hydrogen) atoms. The van der Waals surface area contributed by atoms with E-state index in [-0.39, 0.29) is 17.5 Å². The van der Waals surface area contributed by atoms with E-state index in [1.54, 1.807) is 19.3 Å². The van der Waals surface area contributed by atoms with Crippen LogP contribution in [0.5, 0.6) is 0 Å². The number of likely N-dealkylation sites (N-methyl/N-ethyl adjacent to an activating group) is 1. The molecule has 1 atom stereocenters. The van der Waals surface area contributed by atoms with Gasteiger partial charge in [0.1, 0.15) is 0 Å². The minimum Gasteiger partial charge on any atom is -0.350 e. The van der Waals surface area contributed by atoms with Gasteiger partial charge in [-0.1, -0.05) is 30.3 Å². The molecule has 1 N–H and O–H groups in total. The van der Waals surface area contributed by atoms with Gasteiger partial charge in [0.05, 0.1) is 0 Å². The largest absolute Gasteiger partial charge is 0.350 e. The third-order valence-corrected chi connectivity index (χ3v) is 3.91. The summed E-state index contributed by atoms with van der Waals surface area (Å²) in [6, 6.07) is 13.4. The predicted octanol–water partition coefficient (Wildman–Crippen LogP) is 1.29. The van der Waals surface area contributed by atoms with E-state index in [1.165, 1.54) is 16.2 Å². The number of aromatic nitrogens is 1. The molecule has 0 aliphatic heterocycles. The monoisotopic (exact) mass is 313 g/mol. The lowest BCUT2D eigenvalue weighted by molar-refractivity contribution is 0.0941. The van der Waals surface area contributed by atoms with E-state index >= 15 is 0 Å². The number of carbonyl (C=O) groups is 1. The smallest absolute Gasteiger partial charge is 0.251 e. The second-order valence-corrected chi connectivity index (χ2v) is 5.88. The predicted molar refractivity (Wildman–Crippen MR) is 91.6 cm³/mol. The number of carbonyl (C=O) groups excluding carboxylic acids is 1. The van der Waals surface area contributed by atoms with E-state index in [0.717, 1.165) is 6.42 Å². The lowest BCUT2D eigenvalue weighted by Gasteiger charge is -2.24. The highest BCUT2D eigenvalue weighted by molar-refractivity contribution is 5.93. The lowest BCUT2D eigenvalue weighted by atomic mass is 10.1. The summed E-state index contributed by atoms with van der Waals surface area (Å²) in [4.78, 5) is 25.9. The summed E-state index contributed by atoms with van der Waals surface area (Å²) >= 11 is 0. The third kappa shape index (κ3) is 4.79. The Kier molecular flexibility index (Phi) is 5.71. The van der Waals surface area contributed by atoms with Crippen molar-refractivity contribution in [1.29, 1.82) is 0 Å². The number of aryl methyl sites for hydroxylation is 1. The topological polar surface area (TPSA) is 54.3 Å². The Bertz CT molecular complexity index is 708. The minimum atomic E-state index is -0.220. The van der Waals surface area contributed by atoms with Crippen molar-refractivity contribution in [3.8, 4) is 0 Å². The van der Waals surface area contributed by atoms with E-state index in [1.807, 2.05) is 32.3 Å². The first-order chi connectivity index (χ1) is 11.0. The van der Waals surface area contributed by atoms with Crippen LogP contribution in [0.25, 0.3) is 0 Å². The van der Waals surface area contributed by atoms with Gasteiger partial charge in [-0.2, -0.15) is 0 Å². The number of hydrogen-bond acceptors (Lipinski definition) is 3. The van der Waals surface area contributed by atoms with Crippen LogP contribution in [0.1, 0.15) is 15.9 Å². The van der Waals surface area contributed by atoms with Crippen molar-refractivity contribution in [3.63, 3.8) is 0 Å². The fourth-order valence-electron chi connectivity index (χ4n) is 2.33. The van der Waals surface area contributed by atoms with Crippen molar-refractivity contribution in [2.24, 2.45) is 7.05 Å². The highest BCUT2D eigenvalue weighted by Crippen LogP contribution is 2.06. The summed E-state index contributed by atoms with van der Waals surface area (Å²) in [7, 11) is 5.65. The van der Waals surface area contributed by atoms with Crippen LogP contribution in [0, 0.1) is 0 Å². The summed E-state index contributed by atoms with van der Waals surface area (Å²) in [5.74, 6) is -0.220. The molecule has 5 nitrogen and oxygen atoms in total. The van der Waals surface area contributed by atoms with Crippen molar-refractivity contribution in [1.82, 2.24) is 14.8 Å². The molecular formula is C18H23N3O2. The van der Waals surface area contributed by atoms with Gasteiger partial charge < -0.3 is 14.8 Å². The van der Waals surface area contributed by atoms with Crippen molar-refractivity contribution in [2.45, 2.75) is 12.5 Å². The molecule has 0 spiro atoms. The van der Waals surface area contributed by atoms with Crippen molar-refractivity contribution >= 4 is 5.91 Å². The van der Waals surface area contributed by atoms with E-state index in [0.29, 0.717) is 12.1 Å². The maximum Gasteiger partial charge on any atom is 0.251 e. The van der Waals surface area contributed by atoms with Crippen molar-refractivity contribution < 1.29 is 4.79 Å². The molecule has 122 valence electrons. The molecule has 0 radical (unpaired) electrons. The SMILES string of the molecule is CN(C)C(CNC(=O)c1ccn(C)c(=O)c1)Cc1ccccc1. The van der Waals surface area contributed by atoms with E-state index in [9.17, 15) is 9.59 Å². The molecular weight excluding hydrogens is 290 g/mol. The first-order valence-corrected chi connectivity index (χ1v) is 7.62. The van der Waals surface area contributed by atoms with Gasteiger partial charge >= 0.3 is 0 Å². The van der Waals surface area contributed by atoms with E-state index in [4.69, 9.17) is 0 Å². The minimum absolute atomic E-state index is 0.188. The van der Waals surface area contributed by atoms with Gasteiger partial charge in [0, 0.05) is 37.5 Å². The fourth-order valence-corrected chi connectivity index (χ4v) is 2.33. The molecule has 1 unspecified atom stereocenters. The molecule has 0 aliphatic carbocycles. The van der Waals surface area contributed by atoms with Gasteiger partial charge in [-0.3, -0.25) is 9.59 Å². The Morgan fingerprint density at radius 2 is 1.91 bits per heavy atom. The Labute approximate surface area is 136 Å². The Morgan fingerprint density at radius 1 is 1.22 bits per heavy atom. The highest BCUT2D eigenvalue weighted by Gasteiger charge is 2.14. The number of rotatable bonds is 6. The second kappa shape index (κ2) is 7.74. The van der Waals surface area contributed by atoms with Crippen molar-refractivity contribution in [2.75, 3.05) is 20.6 Å². The number of amides is 1. The molecule has 1 amide bonds. The van der Waals surface area contributed by atoms with Crippen LogP contribution in [0.2, 0.25) is 0 Å². The summed E-state index contributed by atoms with van der Waals surface area (Å²) in [5.41, 5.74) is 1.44. The second-order valence-electron chi connectivity index (χ2n) is 5.88. The fraction of sp³-hybridized carbons (Fsp3) is 0.333. The first-order valence-electron chi connectivity index (χ1n) is 7.62. The standard InChI is InChI=1S/C18H23N3O2/c1-20(2)16(11-14-7-5-4-6-8-14)13-19-18(23)15-9-10-21(3)17(22)12-15/h4-10,12,16H,11,13H2,1-3H3,(H,19,23). The number of nitrogens with zero attached hydrogens (tertiary/aromatic N) is 2. The molecule has 0 bridgehead atoms. The average Bonchev–Trinajstić information content (AvgIpc) is 2.54. The Balaban J connectivity index is 1.99. The summed E-state index contributed by atoms with van der Waals surface area (Å²) in [6.45, 7) is 0.524. The molecule has 2 aromatic rings. The Hall–Kier alpha value is -2.40.